The van der Waals surface area contributed by atoms with Crippen molar-refractivity contribution in [1.82, 2.24) is 19.7 Å². The topological polar surface area (TPSA) is 98.0 Å². The number of aromatic nitrogens is 3. The van der Waals surface area contributed by atoms with Crippen molar-refractivity contribution in [2.24, 2.45) is 7.05 Å². The van der Waals surface area contributed by atoms with Gasteiger partial charge in [0.2, 0.25) is 11.5 Å². The maximum Gasteiger partial charge on any atom is 0.258 e. The number of nitrogens with zero attached hydrogens (tertiary/aromatic N) is 3. The predicted octanol–water partition coefficient (Wildman–Crippen LogP) is 1.28. The van der Waals surface area contributed by atoms with E-state index in [9.17, 15) is 14.4 Å². The van der Waals surface area contributed by atoms with Gasteiger partial charge in [-0.3, -0.25) is 19.1 Å². The normalized spacial score (nSPS) is 14.8. The second-order valence-corrected chi connectivity index (χ2v) is 6.65. The van der Waals surface area contributed by atoms with Gasteiger partial charge in [-0.25, -0.2) is 0 Å². The van der Waals surface area contributed by atoms with Gasteiger partial charge < -0.3 is 15.2 Å². The SMILES string of the molecule is Cn1cc(NC(=O)c2cnn(CC(=O)NC3CCCCC3)c2)ccc1=O. The Labute approximate surface area is 151 Å². The first-order valence-electron chi connectivity index (χ1n) is 8.81. The van der Waals surface area contributed by atoms with Gasteiger partial charge in [0.15, 0.2) is 0 Å². The van der Waals surface area contributed by atoms with Crippen LogP contribution < -0.4 is 16.2 Å². The Morgan fingerprint density at radius 3 is 2.69 bits per heavy atom. The first-order valence-corrected chi connectivity index (χ1v) is 8.81. The molecule has 2 amide bonds. The molecule has 1 saturated carbocycles. The summed E-state index contributed by atoms with van der Waals surface area (Å²) in [4.78, 5) is 35.8. The van der Waals surface area contributed by atoms with Crippen LogP contribution >= 0.6 is 0 Å². The zero-order valence-electron chi connectivity index (χ0n) is 14.8. The van der Waals surface area contributed by atoms with Crippen molar-refractivity contribution in [3.63, 3.8) is 0 Å². The summed E-state index contributed by atoms with van der Waals surface area (Å²) < 4.78 is 2.84. The molecule has 2 aromatic heterocycles. The Bertz CT molecular complexity index is 849. The third kappa shape index (κ3) is 4.59. The average Bonchev–Trinajstić information content (AvgIpc) is 3.07. The molecule has 26 heavy (non-hydrogen) atoms. The molecule has 1 aliphatic rings. The van der Waals surface area contributed by atoms with Gasteiger partial charge in [-0.1, -0.05) is 19.3 Å². The molecule has 0 saturated heterocycles. The van der Waals surface area contributed by atoms with Gasteiger partial charge in [0.1, 0.15) is 6.54 Å². The van der Waals surface area contributed by atoms with Crippen LogP contribution in [0.2, 0.25) is 0 Å². The number of aryl methyl sites for hydroxylation is 1. The van der Waals surface area contributed by atoms with E-state index in [2.05, 4.69) is 15.7 Å². The third-order valence-corrected chi connectivity index (χ3v) is 4.52. The predicted molar refractivity (Wildman–Crippen MR) is 96.9 cm³/mol. The molecule has 8 nitrogen and oxygen atoms in total. The lowest BCUT2D eigenvalue weighted by Gasteiger charge is -2.22. The van der Waals surface area contributed by atoms with Gasteiger partial charge in [0, 0.05) is 31.5 Å². The summed E-state index contributed by atoms with van der Waals surface area (Å²) in [6, 6.07) is 3.18. The van der Waals surface area contributed by atoms with Crippen LogP contribution in [0.3, 0.4) is 0 Å². The first kappa shape index (κ1) is 17.9. The van der Waals surface area contributed by atoms with Crippen LogP contribution in [0, 0.1) is 0 Å². The summed E-state index contributed by atoms with van der Waals surface area (Å²) in [7, 11) is 1.61. The Balaban J connectivity index is 1.56. The maximum absolute atomic E-state index is 12.3. The van der Waals surface area contributed by atoms with Crippen molar-refractivity contribution in [3.8, 4) is 0 Å². The van der Waals surface area contributed by atoms with Crippen molar-refractivity contribution in [3.05, 3.63) is 46.6 Å². The molecule has 0 unspecified atom stereocenters. The van der Waals surface area contributed by atoms with E-state index in [-0.39, 0.29) is 30.0 Å². The van der Waals surface area contributed by atoms with Crippen LogP contribution in [-0.4, -0.2) is 32.2 Å². The van der Waals surface area contributed by atoms with Crippen LogP contribution in [0.25, 0.3) is 0 Å². The molecule has 0 radical (unpaired) electrons. The molecular weight excluding hydrogens is 334 g/mol. The molecule has 0 aromatic carbocycles. The van der Waals surface area contributed by atoms with Crippen LogP contribution in [0.5, 0.6) is 0 Å². The molecule has 0 spiro atoms. The highest BCUT2D eigenvalue weighted by Gasteiger charge is 2.16. The molecule has 138 valence electrons. The minimum atomic E-state index is -0.345. The summed E-state index contributed by atoms with van der Waals surface area (Å²) in [5.74, 6) is -0.437. The van der Waals surface area contributed by atoms with Gasteiger partial charge in [-0.2, -0.15) is 5.10 Å². The number of hydrogen-bond donors (Lipinski definition) is 2. The monoisotopic (exact) mass is 357 g/mol. The molecule has 0 atom stereocenters. The molecule has 2 aromatic rings. The van der Waals surface area contributed by atoms with E-state index in [0.717, 1.165) is 25.7 Å². The number of carbonyl (C=O) groups excluding carboxylic acids is 2. The zero-order valence-corrected chi connectivity index (χ0v) is 14.8. The molecule has 2 N–H and O–H groups in total. The van der Waals surface area contributed by atoms with Gasteiger partial charge in [0.25, 0.3) is 5.91 Å². The maximum atomic E-state index is 12.3. The molecule has 1 fully saturated rings. The summed E-state index contributed by atoms with van der Waals surface area (Å²) >= 11 is 0. The summed E-state index contributed by atoms with van der Waals surface area (Å²) in [6.45, 7) is 0.0869. The van der Waals surface area contributed by atoms with Crippen LogP contribution in [0.4, 0.5) is 5.69 Å². The van der Waals surface area contributed by atoms with Crippen molar-refractivity contribution in [1.29, 1.82) is 0 Å². The molecule has 3 rings (SSSR count). The Morgan fingerprint density at radius 1 is 1.19 bits per heavy atom. The lowest BCUT2D eigenvalue weighted by Crippen LogP contribution is -2.38. The number of amides is 2. The lowest BCUT2D eigenvalue weighted by atomic mass is 9.95. The minimum Gasteiger partial charge on any atom is -0.352 e. The molecule has 0 bridgehead atoms. The number of anilines is 1. The number of rotatable bonds is 5. The number of nitrogens with one attached hydrogen (secondary N) is 2. The number of carbonyl (C=O) groups is 2. The summed E-state index contributed by atoms with van der Waals surface area (Å²) in [5.41, 5.74) is 0.712. The van der Waals surface area contributed by atoms with Gasteiger partial charge in [-0.05, 0) is 18.9 Å². The number of pyridine rings is 1. The summed E-state index contributed by atoms with van der Waals surface area (Å²) in [5, 5.41) is 9.81. The second kappa shape index (κ2) is 7.99. The molecule has 0 aliphatic heterocycles. The Morgan fingerprint density at radius 2 is 1.96 bits per heavy atom. The smallest absolute Gasteiger partial charge is 0.258 e. The number of hydrogen-bond acceptors (Lipinski definition) is 4. The van der Waals surface area contributed by atoms with E-state index in [4.69, 9.17) is 0 Å². The second-order valence-electron chi connectivity index (χ2n) is 6.65. The third-order valence-electron chi connectivity index (χ3n) is 4.52. The molecule has 2 heterocycles. The van der Waals surface area contributed by atoms with Crippen molar-refractivity contribution >= 4 is 17.5 Å². The van der Waals surface area contributed by atoms with E-state index >= 15 is 0 Å². The van der Waals surface area contributed by atoms with Gasteiger partial charge in [0.05, 0.1) is 17.4 Å². The van der Waals surface area contributed by atoms with E-state index < -0.39 is 0 Å². The fraction of sp³-hybridized carbons (Fsp3) is 0.444. The van der Waals surface area contributed by atoms with Crippen molar-refractivity contribution in [2.75, 3.05) is 5.32 Å². The summed E-state index contributed by atoms with van der Waals surface area (Å²) in [6.07, 6.45) is 10.1. The van der Waals surface area contributed by atoms with Crippen molar-refractivity contribution in [2.45, 2.75) is 44.7 Å². The highest BCUT2D eigenvalue weighted by molar-refractivity contribution is 6.03. The highest BCUT2D eigenvalue weighted by atomic mass is 16.2. The fourth-order valence-corrected chi connectivity index (χ4v) is 3.11. The zero-order chi connectivity index (χ0) is 18.5. The first-order chi connectivity index (χ1) is 12.5. The molecule has 8 heteroatoms. The largest absolute Gasteiger partial charge is 0.352 e. The fourth-order valence-electron chi connectivity index (χ4n) is 3.11. The average molecular weight is 357 g/mol. The van der Waals surface area contributed by atoms with Crippen molar-refractivity contribution < 1.29 is 9.59 Å². The van der Waals surface area contributed by atoms with Crippen LogP contribution in [0.1, 0.15) is 42.5 Å². The van der Waals surface area contributed by atoms with E-state index in [1.54, 1.807) is 19.3 Å². The minimum absolute atomic E-state index is 0.0869. The van der Waals surface area contributed by atoms with E-state index in [0.29, 0.717) is 11.3 Å². The van der Waals surface area contributed by atoms with Gasteiger partial charge >= 0.3 is 0 Å². The van der Waals surface area contributed by atoms with Gasteiger partial charge in [-0.15, -0.1) is 0 Å². The van der Waals surface area contributed by atoms with E-state index in [1.165, 1.54) is 34.1 Å². The molecule has 1 aliphatic carbocycles. The van der Waals surface area contributed by atoms with Crippen LogP contribution in [-0.2, 0) is 18.4 Å². The standard InChI is InChI=1S/C18H23N5O3/c1-22-11-15(7-8-17(22)25)21-18(26)13-9-19-23(10-13)12-16(24)20-14-5-3-2-4-6-14/h7-11,14H,2-6,12H2,1H3,(H,20,24)(H,21,26). The quantitative estimate of drug-likeness (QED) is 0.842. The molecular formula is C18H23N5O3. The Kier molecular flexibility index (Phi) is 5.50. The highest BCUT2D eigenvalue weighted by Crippen LogP contribution is 2.17. The lowest BCUT2D eigenvalue weighted by molar-refractivity contribution is -0.122. The Hall–Kier alpha value is -2.90. The van der Waals surface area contributed by atoms with Crippen LogP contribution in [0.15, 0.2) is 35.5 Å². The van der Waals surface area contributed by atoms with E-state index in [1.807, 2.05) is 0 Å².